The number of aryl methyl sites for hydroxylation is 2. The van der Waals surface area contributed by atoms with E-state index in [9.17, 15) is 14.4 Å². The second-order valence-corrected chi connectivity index (χ2v) is 5.50. The first-order valence-electron chi connectivity index (χ1n) is 7.48. The lowest BCUT2D eigenvalue weighted by Crippen LogP contribution is -2.39. The lowest BCUT2D eigenvalue weighted by molar-refractivity contribution is -0.141. The van der Waals surface area contributed by atoms with Crippen LogP contribution >= 0.6 is 0 Å². The number of carbonyl (C=O) groups is 3. The Hall–Kier alpha value is -2.83. The van der Waals surface area contributed by atoms with Crippen LogP contribution in [0.1, 0.15) is 16.7 Å². The molecule has 0 bridgehead atoms. The molecule has 128 valence electrons. The second-order valence-electron chi connectivity index (χ2n) is 5.50. The molecule has 0 fully saturated rings. The summed E-state index contributed by atoms with van der Waals surface area (Å²) < 4.78 is 9.88. The van der Waals surface area contributed by atoms with E-state index in [-0.39, 0.29) is 25.4 Å². The van der Waals surface area contributed by atoms with E-state index in [1.165, 1.54) is 7.11 Å². The monoisotopic (exact) mass is 332 g/mol. The lowest BCUT2D eigenvalue weighted by atomic mass is 10.0. The summed E-state index contributed by atoms with van der Waals surface area (Å²) in [6.45, 7) is 3.56. The first-order chi connectivity index (χ1) is 11.4. The number of furan rings is 1. The van der Waals surface area contributed by atoms with Crippen LogP contribution in [0.3, 0.4) is 0 Å². The molecule has 24 heavy (non-hydrogen) atoms. The van der Waals surface area contributed by atoms with Crippen LogP contribution in [0.15, 0.2) is 22.8 Å². The van der Waals surface area contributed by atoms with E-state index in [1.807, 2.05) is 26.0 Å². The first kappa shape index (κ1) is 17.5. The third-order valence-corrected chi connectivity index (χ3v) is 3.72. The van der Waals surface area contributed by atoms with Gasteiger partial charge in [0.1, 0.15) is 12.1 Å². The molecule has 0 aliphatic carbocycles. The van der Waals surface area contributed by atoms with Gasteiger partial charge in [0, 0.05) is 10.9 Å². The predicted molar refractivity (Wildman–Crippen MR) is 87.4 cm³/mol. The van der Waals surface area contributed by atoms with E-state index >= 15 is 0 Å². The molecule has 0 saturated heterocycles. The van der Waals surface area contributed by atoms with Gasteiger partial charge in [0.15, 0.2) is 0 Å². The number of hydrogen-bond donors (Lipinski definition) is 2. The maximum Gasteiger partial charge on any atom is 0.325 e. The molecular weight excluding hydrogens is 312 g/mol. The summed E-state index contributed by atoms with van der Waals surface area (Å²) in [5, 5.41) is 5.74. The molecule has 0 spiro atoms. The van der Waals surface area contributed by atoms with E-state index in [4.69, 9.17) is 4.42 Å². The smallest absolute Gasteiger partial charge is 0.325 e. The predicted octanol–water partition coefficient (Wildman–Crippen LogP) is 0.998. The molecule has 1 aromatic carbocycles. The summed E-state index contributed by atoms with van der Waals surface area (Å²) in [6.07, 6.45) is 1.67. The molecular formula is C17H20N2O5. The van der Waals surface area contributed by atoms with Gasteiger partial charge >= 0.3 is 5.97 Å². The van der Waals surface area contributed by atoms with Gasteiger partial charge in [0.2, 0.25) is 11.8 Å². The Kier molecular flexibility index (Phi) is 5.57. The van der Waals surface area contributed by atoms with Crippen LogP contribution in [0.25, 0.3) is 11.0 Å². The number of esters is 1. The van der Waals surface area contributed by atoms with Gasteiger partial charge < -0.3 is 19.8 Å². The third kappa shape index (κ3) is 4.34. The lowest BCUT2D eigenvalue weighted by Gasteiger charge is -2.06. The summed E-state index contributed by atoms with van der Waals surface area (Å²) in [4.78, 5) is 34.4. The molecule has 0 saturated carbocycles. The van der Waals surface area contributed by atoms with Crippen molar-refractivity contribution in [3.05, 3.63) is 35.1 Å². The van der Waals surface area contributed by atoms with Crippen molar-refractivity contribution in [1.82, 2.24) is 10.6 Å². The highest BCUT2D eigenvalue weighted by Crippen LogP contribution is 2.25. The van der Waals surface area contributed by atoms with Crippen LogP contribution in [0.4, 0.5) is 0 Å². The molecule has 0 aliphatic heterocycles. The third-order valence-electron chi connectivity index (χ3n) is 3.72. The number of fused-ring (bicyclic) bond motifs is 1. The summed E-state index contributed by atoms with van der Waals surface area (Å²) >= 11 is 0. The second kappa shape index (κ2) is 7.63. The quantitative estimate of drug-likeness (QED) is 0.769. The van der Waals surface area contributed by atoms with Crippen molar-refractivity contribution in [3.8, 4) is 0 Å². The fourth-order valence-corrected chi connectivity index (χ4v) is 2.19. The zero-order chi connectivity index (χ0) is 17.7. The van der Waals surface area contributed by atoms with E-state index in [2.05, 4.69) is 15.4 Å². The minimum Gasteiger partial charge on any atom is -0.468 e. The number of ether oxygens (including phenoxy) is 1. The number of methoxy groups -OCH3 is 1. The Morgan fingerprint density at radius 2 is 1.71 bits per heavy atom. The zero-order valence-electron chi connectivity index (χ0n) is 13.9. The van der Waals surface area contributed by atoms with E-state index in [0.29, 0.717) is 0 Å². The highest BCUT2D eigenvalue weighted by atomic mass is 16.5. The fourth-order valence-electron chi connectivity index (χ4n) is 2.19. The Labute approximate surface area is 139 Å². The van der Waals surface area contributed by atoms with Gasteiger partial charge in [-0.1, -0.05) is 0 Å². The van der Waals surface area contributed by atoms with Gasteiger partial charge in [0.25, 0.3) is 0 Å². The van der Waals surface area contributed by atoms with E-state index < -0.39 is 11.9 Å². The number of rotatable bonds is 6. The van der Waals surface area contributed by atoms with Crippen LogP contribution in [-0.2, 0) is 25.5 Å². The van der Waals surface area contributed by atoms with Crippen molar-refractivity contribution in [2.24, 2.45) is 0 Å². The molecule has 0 unspecified atom stereocenters. The van der Waals surface area contributed by atoms with Crippen molar-refractivity contribution in [2.45, 2.75) is 20.3 Å². The average Bonchev–Trinajstić information content (AvgIpc) is 2.92. The molecule has 7 nitrogen and oxygen atoms in total. The van der Waals surface area contributed by atoms with Crippen molar-refractivity contribution in [3.63, 3.8) is 0 Å². The van der Waals surface area contributed by atoms with Gasteiger partial charge in [0.05, 0.1) is 26.3 Å². The van der Waals surface area contributed by atoms with Crippen LogP contribution in [0.2, 0.25) is 0 Å². The molecule has 2 N–H and O–H groups in total. The zero-order valence-corrected chi connectivity index (χ0v) is 13.9. The maximum absolute atomic E-state index is 12.0. The van der Waals surface area contributed by atoms with Gasteiger partial charge in [-0.25, -0.2) is 0 Å². The Bertz CT molecular complexity index is 779. The van der Waals surface area contributed by atoms with Crippen molar-refractivity contribution in [1.29, 1.82) is 0 Å². The minimum atomic E-state index is -0.551. The summed E-state index contributed by atoms with van der Waals surface area (Å²) in [5.41, 5.74) is 3.74. The number of carbonyl (C=O) groups excluding carboxylic acids is 3. The SMILES string of the molecule is COC(=O)CNC(=O)CNC(=O)Cc1coc2cc(C)c(C)cc12. The molecule has 1 heterocycles. The minimum absolute atomic E-state index is 0.111. The molecule has 0 radical (unpaired) electrons. The van der Waals surface area contributed by atoms with E-state index in [0.717, 1.165) is 27.7 Å². The molecule has 0 atom stereocenters. The number of hydrogen-bond acceptors (Lipinski definition) is 5. The molecule has 2 aromatic rings. The highest BCUT2D eigenvalue weighted by molar-refractivity contribution is 5.91. The van der Waals surface area contributed by atoms with E-state index in [1.54, 1.807) is 6.26 Å². The molecule has 2 amide bonds. The molecule has 2 rings (SSSR count). The highest BCUT2D eigenvalue weighted by Gasteiger charge is 2.13. The number of benzene rings is 1. The Morgan fingerprint density at radius 1 is 1.04 bits per heavy atom. The van der Waals surface area contributed by atoms with Crippen LogP contribution in [-0.4, -0.2) is 38.0 Å². The normalized spacial score (nSPS) is 10.5. The van der Waals surface area contributed by atoms with Crippen molar-refractivity contribution < 1.29 is 23.5 Å². The summed E-state index contributed by atoms with van der Waals surface area (Å²) in [7, 11) is 1.23. The van der Waals surface area contributed by atoms with Gasteiger partial charge in [-0.15, -0.1) is 0 Å². The fraction of sp³-hybridized carbons (Fsp3) is 0.353. The topological polar surface area (TPSA) is 97.6 Å². The average molecular weight is 332 g/mol. The maximum atomic E-state index is 12.0. The molecule has 0 aliphatic rings. The summed E-state index contributed by atoms with van der Waals surface area (Å²) in [5.74, 6) is -1.31. The standard InChI is InChI=1S/C17H20N2O5/c1-10-4-13-12(9-24-14(13)5-11(10)2)6-15(20)18-7-16(21)19-8-17(22)23-3/h4-5,9H,6-8H2,1-3H3,(H,18,20)(H,19,21). The van der Waals surface area contributed by atoms with Crippen LogP contribution in [0, 0.1) is 13.8 Å². The Morgan fingerprint density at radius 3 is 2.42 bits per heavy atom. The largest absolute Gasteiger partial charge is 0.468 e. The first-order valence-corrected chi connectivity index (χ1v) is 7.48. The molecule has 1 aromatic heterocycles. The van der Waals surface area contributed by atoms with Crippen LogP contribution < -0.4 is 10.6 Å². The van der Waals surface area contributed by atoms with Gasteiger partial charge in [-0.05, 0) is 37.1 Å². The Balaban J connectivity index is 1.90. The number of amides is 2. The summed E-state index contributed by atoms with van der Waals surface area (Å²) in [6, 6.07) is 3.92. The van der Waals surface area contributed by atoms with Crippen molar-refractivity contribution in [2.75, 3.05) is 20.2 Å². The van der Waals surface area contributed by atoms with Gasteiger partial charge in [-0.2, -0.15) is 0 Å². The molecule has 7 heteroatoms. The number of nitrogens with one attached hydrogen (secondary N) is 2. The van der Waals surface area contributed by atoms with Crippen molar-refractivity contribution >= 4 is 28.8 Å². The van der Waals surface area contributed by atoms with Crippen LogP contribution in [0.5, 0.6) is 0 Å². The van der Waals surface area contributed by atoms with Gasteiger partial charge in [-0.3, -0.25) is 14.4 Å².